The van der Waals surface area contributed by atoms with Crippen molar-refractivity contribution in [1.82, 2.24) is 0 Å². The SMILES string of the molecule is CC(C=N[C@@H](CCC(=O)O)C(=O)O)Cc1ccc(C(=O)Oc2ccc(C(=N)N)cc2)o1. The maximum atomic E-state index is 12.2. The molecule has 2 aromatic rings. The lowest BCUT2D eigenvalue weighted by Gasteiger charge is -2.08. The number of nitrogens with zero attached hydrogens (tertiary/aromatic N) is 1. The summed E-state index contributed by atoms with van der Waals surface area (Å²) in [5, 5.41) is 25.2. The largest absolute Gasteiger partial charge is 0.481 e. The number of hydrogen-bond acceptors (Lipinski definition) is 7. The highest BCUT2D eigenvalue weighted by Crippen LogP contribution is 2.17. The molecule has 10 nitrogen and oxygen atoms in total. The van der Waals surface area contributed by atoms with Crippen LogP contribution in [-0.4, -0.2) is 46.2 Å². The monoisotopic (exact) mass is 429 g/mol. The number of carbonyl (C=O) groups excluding carboxylic acids is 1. The van der Waals surface area contributed by atoms with Gasteiger partial charge in [-0.1, -0.05) is 6.92 Å². The summed E-state index contributed by atoms with van der Waals surface area (Å²) in [6.07, 6.45) is 1.41. The predicted octanol–water partition coefficient (Wildman–Crippen LogP) is 2.35. The maximum Gasteiger partial charge on any atom is 0.379 e. The number of rotatable bonds is 11. The van der Waals surface area contributed by atoms with Crippen LogP contribution in [0.25, 0.3) is 0 Å². The minimum absolute atomic E-state index is 0.000320. The first-order valence-electron chi connectivity index (χ1n) is 9.39. The average molecular weight is 429 g/mol. The number of carboxylic acids is 2. The number of nitrogens with one attached hydrogen (secondary N) is 1. The van der Waals surface area contributed by atoms with Crippen LogP contribution in [0.5, 0.6) is 5.75 Å². The van der Waals surface area contributed by atoms with E-state index in [0.29, 0.717) is 17.7 Å². The van der Waals surface area contributed by atoms with Crippen LogP contribution in [0.3, 0.4) is 0 Å². The van der Waals surface area contributed by atoms with Crippen molar-refractivity contribution in [3.8, 4) is 5.75 Å². The lowest BCUT2D eigenvalue weighted by atomic mass is 10.1. The van der Waals surface area contributed by atoms with Crippen molar-refractivity contribution in [3.05, 3.63) is 53.5 Å². The lowest BCUT2D eigenvalue weighted by molar-refractivity contribution is -0.139. The number of ether oxygens (including phenoxy) is 1. The molecular formula is C21H23N3O7. The number of nitrogen functional groups attached to an aromatic ring is 1. The highest BCUT2D eigenvalue weighted by Gasteiger charge is 2.18. The van der Waals surface area contributed by atoms with Crippen LogP contribution in [0.4, 0.5) is 0 Å². The van der Waals surface area contributed by atoms with E-state index in [4.69, 9.17) is 30.5 Å². The Morgan fingerprint density at radius 3 is 2.45 bits per heavy atom. The molecule has 10 heteroatoms. The van der Waals surface area contributed by atoms with Crippen molar-refractivity contribution >= 4 is 30.0 Å². The fourth-order valence-electron chi connectivity index (χ4n) is 2.60. The van der Waals surface area contributed by atoms with Gasteiger partial charge in [0.05, 0.1) is 0 Å². The molecule has 2 atom stereocenters. The van der Waals surface area contributed by atoms with Gasteiger partial charge in [0.1, 0.15) is 23.4 Å². The van der Waals surface area contributed by atoms with Crippen molar-refractivity contribution < 1.29 is 33.8 Å². The molecule has 0 spiro atoms. The molecule has 0 saturated carbocycles. The highest BCUT2D eigenvalue weighted by molar-refractivity contribution is 5.95. The molecule has 0 aliphatic heterocycles. The molecular weight excluding hydrogens is 406 g/mol. The Balaban J connectivity index is 1.93. The molecule has 1 heterocycles. The van der Waals surface area contributed by atoms with Crippen molar-refractivity contribution in [2.75, 3.05) is 0 Å². The number of amidine groups is 1. The number of benzene rings is 1. The van der Waals surface area contributed by atoms with E-state index in [1.54, 1.807) is 25.1 Å². The Morgan fingerprint density at radius 2 is 1.87 bits per heavy atom. The fourth-order valence-corrected chi connectivity index (χ4v) is 2.60. The number of carboxylic acid groups (broad SMARTS) is 2. The Kier molecular flexibility index (Phi) is 8.07. The number of furan rings is 1. The topological polar surface area (TPSA) is 176 Å². The Labute approximate surface area is 177 Å². The van der Waals surface area contributed by atoms with Gasteiger partial charge in [0.15, 0.2) is 0 Å². The van der Waals surface area contributed by atoms with Crippen molar-refractivity contribution in [2.45, 2.75) is 32.2 Å². The summed E-state index contributed by atoms with van der Waals surface area (Å²) in [5.74, 6) is -2.51. The lowest BCUT2D eigenvalue weighted by Crippen LogP contribution is -2.20. The summed E-state index contributed by atoms with van der Waals surface area (Å²) < 4.78 is 10.7. The molecule has 0 radical (unpaired) electrons. The van der Waals surface area contributed by atoms with Crippen LogP contribution in [0.15, 0.2) is 45.8 Å². The van der Waals surface area contributed by atoms with Gasteiger partial charge < -0.3 is 25.1 Å². The van der Waals surface area contributed by atoms with Crippen LogP contribution in [0, 0.1) is 11.3 Å². The summed E-state index contributed by atoms with van der Waals surface area (Å²) in [6, 6.07) is 8.09. The molecule has 0 saturated heterocycles. The van der Waals surface area contributed by atoms with E-state index in [1.807, 2.05) is 0 Å². The molecule has 5 N–H and O–H groups in total. The number of esters is 1. The van der Waals surface area contributed by atoms with E-state index in [0.717, 1.165) is 0 Å². The third kappa shape index (κ3) is 7.42. The fraction of sp³-hybridized carbons (Fsp3) is 0.286. The van der Waals surface area contributed by atoms with E-state index in [1.165, 1.54) is 24.4 Å². The maximum absolute atomic E-state index is 12.2. The smallest absolute Gasteiger partial charge is 0.379 e. The normalized spacial score (nSPS) is 12.9. The third-order valence-corrected chi connectivity index (χ3v) is 4.20. The molecule has 0 amide bonds. The minimum atomic E-state index is -1.19. The molecule has 1 aromatic heterocycles. The number of hydrogen-bond donors (Lipinski definition) is 4. The first-order valence-corrected chi connectivity index (χ1v) is 9.39. The zero-order valence-electron chi connectivity index (χ0n) is 16.8. The third-order valence-electron chi connectivity index (χ3n) is 4.20. The summed E-state index contributed by atoms with van der Waals surface area (Å²) in [5.41, 5.74) is 5.88. The van der Waals surface area contributed by atoms with E-state index in [-0.39, 0.29) is 36.1 Å². The predicted molar refractivity (Wildman–Crippen MR) is 111 cm³/mol. The molecule has 1 aromatic carbocycles. The summed E-state index contributed by atoms with van der Waals surface area (Å²) in [4.78, 5) is 38.0. The molecule has 31 heavy (non-hydrogen) atoms. The second kappa shape index (κ2) is 10.7. The molecule has 1 unspecified atom stereocenters. The molecule has 2 rings (SSSR count). The summed E-state index contributed by atoms with van der Waals surface area (Å²) in [6.45, 7) is 1.79. The number of nitrogens with two attached hydrogens (primary N) is 1. The van der Waals surface area contributed by atoms with Gasteiger partial charge in [-0.2, -0.15) is 0 Å². The Morgan fingerprint density at radius 1 is 1.19 bits per heavy atom. The molecule has 0 aliphatic carbocycles. The summed E-state index contributed by atoms with van der Waals surface area (Å²) in [7, 11) is 0. The van der Waals surface area contributed by atoms with Gasteiger partial charge in [-0.15, -0.1) is 0 Å². The number of aliphatic imine (C=N–C) groups is 1. The zero-order valence-corrected chi connectivity index (χ0v) is 16.8. The van der Waals surface area contributed by atoms with Gasteiger partial charge in [0.2, 0.25) is 5.76 Å². The second-order valence-corrected chi connectivity index (χ2v) is 6.86. The van der Waals surface area contributed by atoms with Gasteiger partial charge in [0.25, 0.3) is 0 Å². The molecule has 0 bridgehead atoms. The van der Waals surface area contributed by atoms with Gasteiger partial charge in [0, 0.05) is 24.6 Å². The van der Waals surface area contributed by atoms with Crippen molar-refractivity contribution in [1.29, 1.82) is 5.41 Å². The first kappa shape index (κ1) is 23.3. The van der Waals surface area contributed by atoms with E-state index < -0.39 is 23.9 Å². The van der Waals surface area contributed by atoms with E-state index in [9.17, 15) is 14.4 Å². The van der Waals surface area contributed by atoms with Crippen LogP contribution in [0.2, 0.25) is 0 Å². The van der Waals surface area contributed by atoms with Crippen LogP contribution in [0.1, 0.15) is 41.6 Å². The molecule has 0 aliphatic rings. The van der Waals surface area contributed by atoms with Gasteiger partial charge in [-0.3, -0.25) is 15.2 Å². The molecule has 0 fully saturated rings. The van der Waals surface area contributed by atoms with Gasteiger partial charge in [-0.05, 0) is 48.7 Å². The van der Waals surface area contributed by atoms with Crippen LogP contribution < -0.4 is 10.5 Å². The zero-order chi connectivity index (χ0) is 23.0. The van der Waals surface area contributed by atoms with E-state index in [2.05, 4.69) is 4.99 Å². The van der Waals surface area contributed by atoms with Gasteiger partial charge >= 0.3 is 17.9 Å². The summed E-state index contributed by atoms with van der Waals surface area (Å²) >= 11 is 0. The van der Waals surface area contributed by atoms with Gasteiger partial charge in [-0.25, -0.2) is 9.59 Å². The average Bonchev–Trinajstić information content (AvgIpc) is 3.16. The number of aliphatic carboxylic acids is 2. The quantitative estimate of drug-likeness (QED) is 0.182. The minimum Gasteiger partial charge on any atom is -0.481 e. The Hall–Kier alpha value is -3.95. The highest BCUT2D eigenvalue weighted by atomic mass is 16.5. The second-order valence-electron chi connectivity index (χ2n) is 6.86. The van der Waals surface area contributed by atoms with Crippen LogP contribution in [-0.2, 0) is 16.0 Å². The standard InChI is InChI=1S/C21H23N3O7/c1-12(11-24-16(20(27)28)7-9-18(25)26)10-15-6-8-17(30-15)21(29)31-14-4-2-13(3-5-14)19(22)23/h2-6,8,11-12,16H,7,9-10H2,1H3,(H3,22,23)(H,25,26)(H,27,28)/t12?,16-/m0/s1. The number of carbonyl (C=O) groups is 3. The first-order chi connectivity index (χ1) is 14.7. The van der Waals surface area contributed by atoms with E-state index >= 15 is 0 Å². The van der Waals surface area contributed by atoms with Crippen LogP contribution >= 0.6 is 0 Å². The molecule has 164 valence electrons. The Bertz CT molecular complexity index is 979. The van der Waals surface area contributed by atoms with Crippen molar-refractivity contribution in [3.63, 3.8) is 0 Å². The van der Waals surface area contributed by atoms with Crippen molar-refractivity contribution in [2.24, 2.45) is 16.6 Å².